The van der Waals surface area contributed by atoms with Gasteiger partial charge in [0.15, 0.2) is 11.5 Å². The van der Waals surface area contributed by atoms with E-state index >= 15 is 0 Å². The zero-order valence-corrected chi connectivity index (χ0v) is 15.5. The van der Waals surface area contributed by atoms with Crippen molar-refractivity contribution in [3.8, 4) is 39.9 Å². The van der Waals surface area contributed by atoms with Crippen LogP contribution in [0.1, 0.15) is 19.4 Å². The highest BCUT2D eigenvalue weighted by Crippen LogP contribution is 2.44. The monoisotopic (exact) mass is 388 g/mol. The van der Waals surface area contributed by atoms with Gasteiger partial charge in [-0.2, -0.15) is 0 Å². The quantitative estimate of drug-likeness (QED) is 0.459. The van der Waals surface area contributed by atoms with Gasteiger partial charge in [-0.15, -0.1) is 0 Å². The summed E-state index contributed by atoms with van der Waals surface area (Å²) in [6.45, 7) is 3.00. The zero-order chi connectivity index (χ0) is 20.8. The minimum Gasteiger partial charge on any atom is -0.508 e. The molecule has 148 valence electrons. The Balaban J connectivity index is 2.34. The standard InChI is InChI=1S/C20H20O8/c1-20(2,26)7-11-17(23)10(6-15(27-3)18(11)24)12-8-28-14-5-9(21)4-13(22)16(14)19(12)25/h4-6,8,21-24,26H,7H2,1-3H3. The topological polar surface area (TPSA) is 141 Å². The van der Waals surface area contributed by atoms with E-state index in [1.165, 1.54) is 33.1 Å². The molecule has 0 saturated heterocycles. The van der Waals surface area contributed by atoms with E-state index in [-0.39, 0.29) is 51.3 Å². The maximum Gasteiger partial charge on any atom is 0.204 e. The molecule has 0 aliphatic rings. The number of ether oxygens (including phenoxy) is 1. The maximum atomic E-state index is 12.9. The van der Waals surface area contributed by atoms with Gasteiger partial charge in [0.05, 0.1) is 18.3 Å². The summed E-state index contributed by atoms with van der Waals surface area (Å²) in [5, 5.41) is 50.6. The molecule has 0 amide bonds. The first-order valence-electron chi connectivity index (χ1n) is 8.35. The van der Waals surface area contributed by atoms with Crippen LogP contribution in [0.4, 0.5) is 0 Å². The third kappa shape index (κ3) is 3.29. The van der Waals surface area contributed by atoms with Gasteiger partial charge in [-0.05, 0) is 19.9 Å². The van der Waals surface area contributed by atoms with Crippen molar-refractivity contribution in [1.29, 1.82) is 0 Å². The van der Waals surface area contributed by atoms with Crippen molar-refractivity contribution in [1.82, 2.24) is 0 Å². The number of phenols is 4. The average molecular weight is 388 g/mol. The van der Waals surface area contributed by atoms with Gasteiger partial charge in [0.25, 0.3) is 0 Å². The number of hydrogen-bond acceptors (Lipinski definition) is 8. The predicted molar refractivity (Wildman–Crippen MR) is 101 cm³/mol. The molecule has 0 saturated carbocycles. The summed E-state index contributed by atoms with van der Waals surface area (Å²) < 4.78 is 10.5. The lowest BCUT2D eigenvalue weighted by atomic mass is 9.92. The van der Waals surface area contributed by atoms with E-state index in [9.17, 15) is 30.3 Å². The van der Waals surface area contributed by atoms with Gasteiger partial charge in [0.2, 0.25) is 5.43 Å². The molecule has 0 aliphatic carbocycles. The van der Waals surface area contributed by atoms with Crippen LogP contribution in [0.2, 0.25) is 0 Å². The lowest BCUT2D eigenvalue weighted by molar-refractivity contribution is 0.0794. The van der Waals surface area contributed by atoms with Crippen LogP contribution in [-0.2, 0) is 6.42 Å². The Morgan fingerprint density at radius 1 is 1.04 bits per heavy atom. The van der Waals surface area contributed by atoms with Crippen LogP contribution >= 0.6 is 0 Å². The van der Waals surface area contributed by atoms with Crippen molar-refractivity contribution in [3.05, 3.63) is 40.2 Å². The first-order chi connectivity index (χ1) is 13.0. The molecule has 1 heterocycles. The van der Waals surface area contributed by atoms with E-state index in [0.717, 1.165) is 12.3 Å². The van der Waals surface area contributed by atoms with Crippen LogP contribution in [0.5, 0.6) is 28.7 Å². The van der Waals surface area contributed by atoms with Crippen LogP contribution in [0.3, 0.4) is 0 Å². The van der Waals surface area contributed by atoms with Gasteiger partial charge in [-0.1, -0.05) is 0 Å². The third-order valence-corrected chi connectivity index (χ3v) is 4.30. The second-order valence-electron chi connectivity index (χ2n) is 7.11. The number of methoxy groups -OCH3 is 1. The molecule has 2 aromatic carbocycles. The van der Waals surface area contributed by atoms with Crippen molar-refractivity contribution in [2.75, 3.05) is 7.11 Å². The van der Waals surface area contributed by atoms with Crippen molar-refractivity contribution in [3.63, 3.8) is 0 Å². The van der Waals surface area contributed by atoms with Gasteiger partial charge in [-0.25, -0.2) is 0 Å². The van der Waals surface area contributed by atoms with Gasteiger partial charge in [0, 0.05) is 29.7 Å². The Hall–Kier alpha value is -3.39. The van der Waals surface area contributed by atoms with Crippen LogP contribution < -0.4 is 10.2 Å². The van der Waals surface area contributed by atoms with E-state index < -0.39 is 22.5 Å². The molecular formula is C20H20O8. The van der Waals surface area contributed by atoms with Gasteiger partial charge in [0.1, 0.15) is 34.5 Å². The first kappa shape index (κ1) is 19.4. The Morgan fingerprint density at radius 2 is 1.71 bits per heavy atom. The number of hydrogen-bond donors (Lipinski definition) is 5. The summed E-state index contributed by atoms with van der Waals surface area (Å²) in [7, 11) is 1.31. The van der Waals surface area contributed by atoms with Crippen LogP contribution in [-0.4, -0.2) is 38.2 Å². The second kappa shape index (κ2) is 6.65. The summed E-state index contributed by atoms with van der Waals surface area (Å²) in [5.74, 6) is -1.55. The van der Waals surface area contributed by atoms with E-state index in [1.54, 1.807) is 0 Å². The Labute approximate surface area is 159 Å². The van der Waals surface area contributed by atoms with Crippen LogP contribution in [0.25, 0.3) is 22.1 Å². The molecule has 0 aliphatic heterocycles. The number of rotatable bonds is 4. The molecule has 0 spiro atoms. The molecule has 8 nitrogen and oxygen atoms in total. The number of phenolic OH excluding ortho intramolecular Hbond substituents is 4. The van der Waals surface area contributed by atoms with Gasteiger partial charge < -0.3 is 34.7 Å². The normalized spacial score (nSPS) is 11.7. The number of aliphatic hydroxyl groups is 1. The molecule has 5 N–H and O–H groups in total. The maximum absolute atomic E-state index is 12.9. The molecule has 0 fully saturated rings. The highest BCUT2D eigenvalue weighted by atomic mass is 16.5. The Kier molecular flexibility index (Phi) is 4.60. The van der Waals surface area contributed by atoms with E-state index in [1.807, 2.05) is 0 Å². The summed E-state index contributed by atoms with van der Waals surface area (Å²) in [4.78, 5) is 12.9. The first-order valence-corrected chi connectivity index (χ1v) is 8.35. The molecule has 3 rings (SSSR count). The highest BCUT2D eigenvalue weighted by Gasteiger charge is 2.26. The summed E-state index contributed by atoms with van der Waals surface area (Å²) in [6.07, 6.45) is 0.954. The lowest BCUT2D eigenvalue weighted by Crippen LogP contribution is -2.22. The summed E-state index contributed by atoms with van der Waals surface area (Å²) in [5.41, 5.74) is -2.05. The molecule has 28 heavy (non-hydrogen) atoms. The number of benzene rings is 2. The molecule has 0 unspecified atom stereocenters. The van der Waals surface area contributed by atoms with Crippen molar-refractivity contribution < 1.29 is 34.7 Å². The Morgan fingerprint density at radius 3 is 2.32 bits per heavy atom. The van der Waals surface area contributed by atoms with Crippen molar-refractivity contribution >= 4 is 11.0 Å². The summed E-state index contributed by atoms with van der Waals surface area (Å²) in [6, 6.07) is 3.44. The fourth-order valence-corrected chi connectivity index (χ4v) is 3.06. The molecule has 3 aromatic rings. The van der Waals surface area contributed by atoms with Crippen molar-refractivity contribution in [2.45, 2.75) is 25.9 Å². The molecular weight excluding hydrogens is 368 g/mol. The minimum absolute atomic E-state index is 0.00275. The highest BCUT2D eigenvalue weighted by molar-refractivity contribution is 5.89. The fraction of sp³-hybridized carbons (Fsp3) is 0.250. The molecule has 0 radical (unpaired) electrons. The smallest absolute Gasteiger partial charge is 0.204 e. The average Bonchev–Trinajstić information content (AvgIpc) is 2.58. The van der Waals surface area contributed by atoms with Crippen LogP contribution in [0.15, 0.2) is 33.7 Å². The third-order valence-electron chi connectivity index (χ3n) is 4.30. The zero-order valence-electron chi connectivity index (χ0n) is 15.5. The van der Waals surface area contributed by atoms with Gasteiger partial charge >= 0.3 is 0 Å². The second-order valence-corrected chi connectivity index (χ2v) is 7.11. The molecule has 8 heteroatoms. The SMILES string of the molecule is COc1cc(-c2coc3cc(O)cc(O)c3c2=O)c(O)c(CC(C)(C)O)c1O. The van der Waals surface area contributed by atoms with E-state index in [4.69, 9.17) is 9.15 Å². The lowest BCUT2D eigenvalue weighted by Gasteiger charge is -2.21. The predicted octanol–water partition coefficient (Wildman–Crippen LogP) is 2.60. The minimum atomic E-state index is -1.26. The van der Waals surface area contributed by atoms with Crippen LogP contribution in [0, 0.1) is 0 Å². The Bertz CT molecular complexity index is 1120. The molecule has 0 atom stereocenters. The molecule has 1 aromatic heterocycles. The largest absolute Gasteiger partial charge is 0.508 e. The van der Waals surface area contributed by atoms with Gasteiger partial charge in [-0.3, -0.25) is 4.79 Å². The number of aromatic hydroxyl groups is 4. The van der Waals surface area contributed by atoms with E-state index in [0.29, 0.717) is 0 Å². The fourth-order valence-electron chi connectivity index (χ4n) is 3.06. The number of fused-ring (bicyclic) bond motifs is 1. The summed E-state index contributed by atoms with van der Waals surface area (Å²) >= 11 is 0. The molecule has 0 bridgehead atoms. The van der Waals surface area contributed by atoms with E-state index in [2.05, 4.69) is 0 Å². The van der Waals surface area contributed by atoms with Crippen molar-refractivity contribution in [2.24, 2.45) is 0 Å².